The van der Waals surface area contributed by atoms with Crippen molar-refractivity contribution in [2.45, 2.75) is 6.92 Å². The first-order chi connectivity index (χ1) is 5.65. The Labute approximate surface area is 88.4 Å². The number of halogens is 2. The molecule has 1 aromatic carbocycles. The molecule has 0 radical (unpaired) electrons. The molecular formula is C9H8Br2O. The molecule has 0 unspecified atom stereocenters. The Balaban J connectivity index is 3.05. The van der Waals surface area contributed by atoms with E-state index in [0.717, 1.165) is 15.6 Å². The first kappa shape index (κ1) is 9.93. The lowest BCUT2D eigenvalue weighted by atomic mass is 10.1. The minimum Gasteiger partial charge on any atom is -0.293 e. The molecule has 0 aliphatic carbocycles. The normalized spacial score (nSPS) is 9.92. The summed E-state index contributed by atoms with van der Waals surface area (Å²) in [6.07, 6.45) is 0. The minimum absolute atomic E-state index is 0.107. The van der Waals surface area contributed by atoms with Gasteiger partial charge in [-0.25, -0.2) is 0 Å². The van der Waals surface area contributed by atoms with E-state index in [1.807, 2.05) is 25.1 Å². The summed E-state index contributed by atoms with van der Waals surface area (Å²) in [6, 6.07) is 5.61. The molecule has 0 fully saturated rings. The SMILES string of the molecule is Cc1ccc(C(=O)CBr)cc1Br. The Hall–Kier alpha value is -0.150. The molecule has 0 aromatic heterocycles. The second-order valence-corrected chi connectivity index (χ2v) is 3.94. The van der Waals surface area contributed by atoms with Gasteiger partial charge in [-0.15, -0.1) is 0 Å². The molecule has 1 rings (SSSR count). The van der Waals surface area contributed by atoms with Gasteiger partial charge in [0.1, 0.15) is 0 Å². The number of ketones is 1. The molecule has 12 heavy (non-hydrogen) atoms. The average molecular weight is 292 g/mol. The number of aryl methyl sites for hydroxylation is 1. The van der Waals surface area contributed by atoms with Crippen molar-refractivity contribution in [3.05, 3.63) is 33.8 Å². The summed E-state index contributed by atoms with van der Waals surface area (Å²) >= 11 is 6.51. The first-order valence-corrected chi connectivity index (χ1v) is 5.42. The summed E-state index contributed by atoms with van der Waals surface area (Å²) in [7, 11) is 0. The van der Waals surface area contributed by atoms with E-state index in [1.54, 1.807) is 0 Å². The molecule has 3 heteroatoms. The largest absolute Gasteiger partial charge is 0.293 e. The lowest BCUT2D eigenvalue weighted by Crippen LogP contribution is -1.99. The van der Waals surface area contributed by atoms with Crippen LogP contribution in [0, 0.1) is 6.92 Å². The van der Waals surface area contributed by atoms with E-state index in [4.69, 9.17) is 0 Å². The third-order valence-electron chi connectivity index (χ3n) is 1.62. The highest BCUT2D eigenvalue weighted by Crippen LogP contribution is 2.17. The summed E-state index contributed by atoms with van der Waals surface area (Å²) in [5.74, 6) is 0.107. The van der Waals surface area contributed by atoms with Gasteiger partial charge in [0, 0.05) is 10.0 Å². The minimum atomic E-state index is 0.107. The molecule has 0 bridgehead atoms. The maximum absolute atomic E-state index is 11.2. The molecule has 64 valence electrons. The fourth-order valence-electron chi connectivity index (χ4n) is 0.843. The van der Waals surface area contributed by atoms with Crippen LogP contribution in [-0.4, -0.2) is 11.1 Å². The van der Waals surface area contributed by atoms with Crippen molar-refractivity contribution < 1.29 is 4.79 Å². The Morgan fingerprint density at radius 1 is 1.50 bits per heavy atom. The van der Waals surface area contributed by atoms with Gasteiger partial charge in [0.15, 0.2) is 5.78 Å². The van der Waals surface area contributed by atoms with Crippen LogP contribution in [0.15, 0.2) is 22.7 Å². The highest BCUT2D eigenvalue weighted by Gasteiger charge is 2.04. The highest BCUT2D eigenvalue weighted by atomic mass is 79.9. The second-order valence-electron chi connectivity index (χ2n) is 2.52. The fourth-order valence-corrected chi connectivity index (χ4v) is 1.55. The Morgan fingerprint density at radius 2 is 2.17 bits per heavy atom. The van der Waals surface area contributed by atoms with Crippen LogP contribution in [0.4, 0.5) is 0 Å². The predicted molar refractivity (Wildman–Crippen MR) is 57.0 cm³/mol. The first-order valence-electron chi connectivity index (χ1n) is 3.50. The van der Waals surface area contributed by atoms with Crippen LogP contribution in [0.25, 0.3) is 0 Å². The van der Waals surface area contributed by atoms with Crippen LogP contribution < -0.4 is 0 Å². The van der Waals surface area contributed by atoms with Gasteiger partial charge in [0.05, 0.1) is 5.33 Å². The van der Waals surface area contributed by atoms with Gasteiger partial charge in [-0.1, -0.05) is 44.0 Å². The summed E-state index contributed by atoms with van der Waals surface area (Å²) in [6.45, 7) is 1.99. The Kier molecular flexibility index (Phi) is 3.47. The van der Waals surface area contributed by atoms with Crippen LogP contribution >= 0.6 is 31.9 Å². The molecule has 1 aromatic rings. The zero-order chi connectivity index (χ0) is 9.14. The van der Waals surface area contributed by atoms with Gasteiger partial charge < -0.3 is 0 Å². The molecule has 0 heterocycles. The molecule has 0 amide bonds. The lowest BCUT2D eigenvalue weighted by Gasteiger charge is -2.00. The third-order valence-corrected chi connectivity index (χ3v) is 2.98. The van der Waals surface area contributed by atoms with E-state index in [-0.39, 0.29) is 5.78 Å². The van der Waals surface area contributed by atoms with E-state index in [2.05, 4.69) is 31.9 Å². The summed E-state index contributed by atoms with van der Waals surface area (Å²) in [5.41, 5.74) is 1.88. The molecule has 0 saturated carbocycles. The maximum Gasteiger partial charge on any atom is 0.173 e. The van der Waals surface area contributed by atoms with E-state index < -0.39 is 0 Å². The highest BCUT2D eigenvalue weighted by molar-refractivity contribution is 9.10. The number of Topliss-reactive ketones (excluding diaryl/α,β-unsaturated/α-hetero) is 1. The standard InChI is InChI=1S/C9H8Br2O/c1-6-2-3-7(4-8(6)11)9(12)5-10/h2-4H,5H2,1H3. The topological polar surface area (TPSA) is 17.1 Å². The van der Waals surface area contributed by atoms with Crippen molar-refractivity contribution >= 4 is 37.6 Å². The predicted octanol–water partition coefficient (Wildman–Crippen LogP) is 3.34. The van der Waals surface area contributed by atoms with Crippen LogP contribution in [0.5, 0.6) is 0 Å². The van der Waals surface area contributed by atoms with Crippen molar-refractivity contribution in [2.75, 3.05) is 5.33 Å². The van der Waals surface area contributed by atoms with Crippen LogP contribution in [0.1, 0.15) is 15.9 Å². The van der Waals surface area contributed by atoms with E-state index in [1.165, 1.54) is 0 Å². The number of benzene rings is 1. The zero-order valence-electron chi connectivity index (χ0n) is 6.60. The number of hydrogen-bond acceptors (Lipinski definition) is 1. The molecule has 0 atom stereocenters. The monoisotopic (exact) mass is 290 g/mol. The molecule has 1 nitrogen and oxygen atoms in total. The number of rotatable bonds is 2. The molecule has 0 saturated heterocycles. The number of carbonyl (C=O) groups excluding carboxylic acids is 1. The maximum atomic E-state index is 11.2. The van der Waals surface area contributed by atoms with Gasteiger partial charge >= 0.3 is 0 Å². The second kappa shape index (κ2) is 4.19. The van der Waals surface area contributed by atoms with Crippen molar-refractivity contribution in [3.8, 4) is 0 Å². The van der Waals surface area contributed by atoms with Crippen molar-refractivity contribution in [2.24, 2.45) is 0 Å². The number of alkyl halides is 1. The molecule has 0 aliphatic rings. The molecule has 0 spiro atoms. The van der Waals surface area contributed by atoms with E-state index >= 15 is 0 Å². The fraction of sp³-hybridized carbons (Fsp3) is 0.222. The van der Waals surface area contributed by atoms with Gasteiger partial charge in [-0.05, 0) is 18.6 Å². The van der Waals surface area contributed by atoms with Gasteiger partial charge in [0.25, 0.3) is 0 Å². The molecule has 0 aliphatic heterocycles. The van der Waals surface area contributed by atoms with Gasteiger partial charge in [0.2, 0.25) is 0 Å². The Morgan fingerprint density at radius 3 is 2.67 bits per heavy atom. The van der Waals surface area contributed by atoms with E-state index in [0.29, 0.717) is 5.33 Å². The molecular weight excluding hydrogens is 284 g/mol. The summed E-state index contributed by atoms with van der Waals surface area (Å²) < 4.78 is 0.981. The number of hydrogen-bond donors (Lipinski definition) is 0. The Bertz CT molecular complexity index is 307. The summed E-state index contributed by atoms with van der Waals surface area (Å²) in [5, 5.41) is 0.377. The van der Waals surface area contributed by atoms with Crippen LogP contribution in [0.3, 0.4) is 0 Å². The van der Waals surface area contributed by atoms with Gasteiger partial charge in [-0.3, -0.25) is 4.79 Å². The smallest absolute Gasteiger partial charge is 0.173 e. The number of carbonyl (C=O) groups is 1. The quantitative estimate of drug-likeness (QED) is 0.603. The van der Waals surface area contributed by atoms with Crippen LogP contribution in [-0.2, 0) is 0 Å². The van der Waals surface area contributed by atoms with Gasteiger partial charge in [-0.2, -0.15) is 0 Å². The average Bonchev–Trinajstić information content (AvgIpc) is 2.08. The van der Waals surface area contributed by atoms with Crippen molar-refractivity contribution in [1.29, 1.82) is 0 Å². The molecule has 0 N–H and O–H groups in total. The zero-order valence-corrected chi connectivity index (χ0v) is 9.78. The summed E-state index contributed by atoms with van der Waals surface area (Å²) in [4.78, 5) is 11.2. The van der Waals surface area contributed by atoms with E-state index in [9.17, 15) is 4.79 Å². The third kappa shape index (κ3) is 2.17. The van der Waals surface area contributed by atoms with Crippen molar-refractivity contribution in [3.63, 3.8) is 0 Å². The van der Waals surface area contributed by atoms with Crippen LogP contribution in [0.2, 0.25) is 0 Å². The van der Waals surface area contributed by atoms with Crippen molar-refractivity contribution in [1.82, 2.24) is 0 Å². The lowest BCUT2D eigenvalue weighted by molar-refractivity contribution is 0.102.